The van der Waals surface area contributed by atoms with Crippen LogP contribution in [0.1, 0.15) is 33.1 Å². The number of carbonyl (C=O) groups excluding carboxylic acids is 1. The number of rotatable bonds is 1. The molecule has 1 amide bonds. The van der Waals surface area contributed by atoms with Gasteiger partial charge < -0.3 is 10.4 Å². The Morgan fingerprint density at radius 3 is 2.46 bits per heavy atom. The van der Waals surface area contributed by atoms with Crippen LogP contribution in [0.3, 0.4) is 0 Å². The van der Waals surface area contributed by atoms with E-state index in [0.29, 0.717) is 0 Å². The molecule has 0 bridgehead atoms. The average molecular weight is 185 g/mol. The zero-order valence-corrected chi connectivity index (χ0v) is 7.96. The van der Waals surface area contributed by atoms with Crippen LogP contribution in [0.15, 0.2) is 0 Å². The smallest absolute Gasteiger partial charge is 0.394 e. The van der Waals surface area contributed by atoms with Crippen LogP contribution in [-0.2, 0) is 9.59 Å². The van der Waals surface area contributed by atoms with E-state index in [9.17, 15) is 9.59 Å². The van der Waals surface area contributed by atoms with Crippen molar-refractivity contribution >= 4 is 11.9 Å². The standard InChI is InChI=1S/C9H15NO3/c1-9(2)4-3-6(5-9)10-7(11)8(12)13/h6H,3-5H2,1-2H3,(H,10,11)(H,12,13). The third kappa shape index (κ3) is 2.72. The number of aliphatic carboxylic acids is 1. The number of nitrogens with one attached hydrogen (secondary N) is 1. The van der Waals surface area contributed by atoms with Crippen molar-refractivity contribution in [1.29, 1.82) is 0 Å². The average Bonchev–Trinajstić information content (AvgIpc) is 2.30. The molecule has 2 N–H and O–H groups in total. The number of carbonyl (C=O) groups is 2. The first-order valence-corrected chi connectivity index (χ1v) is 4.44. The molecule has 4 heteroatoms. The minimum atomic E-state index is -1.40. The van der Waals surface area contributed by atoms with Gasteiger partial charge >= 0.3 is 11.9 Å². The van der Waals surface area contributed by atoms with Crippen LogP contribution >= 0.6 is 0 Å². The fraction of sp³-hybridized carbons (Fsp3) is 0.778. The normalized spacial score (nSPS) is 25.5. The molecule has 1 unspecified atom stereocenters. The molecule has 1 rings (SSSR count). The van der Waals surface area contributed by atoms with E-state index < -0.39 is 11.9 Å². The molecular weight excluding hydrogens is 170 g/mol. The molecule has 1 aliphatic rings. The van der Waals surface area contributed by atoms with E-state index in [1.807, 2.05) is 0 Å². The molecule has 0 aliphatic heterocycles. The van der Waals surface area contributed by atoms with Gasteiger partial charge in [0.25, 0.3) is 0 Å². The molecule has 13 heavy (non-hydrogen) atoms. The molecule has 0 radical (unpaired) electrons. The highest BCUT2D eigenvalue weighted by Gasteiger charge is 2.32. The van der Waals surface area contributed by atoms with Crippen LogP contribution < -0.4 is 5.32 Å². The lowest BCUT2D eigenvalue weighted by atomic mass is 9.92. The number of hydrogen-bond acceptors (Lipinski definition) is 2. The van der Waals surface area contributed by atoms with Crippen LogP contribution in [0, 0.1) is 5.41 Å². The number of carboxylic acid groups (broad SMARTS) is 1. The second-order valence-electron chi connectivity index (χ2n) is 4.38. The summed E-state index contributed by atoms with van der Waals surface area (Å²) in [6.07, 6.45) is 2.79. The van der Waals surface area contributed by atoms with E-state index in [0.717, 1.165) is 19.3 Å². The van der Waals surface area contributed by atoms with Gasteiger partial charge in [-0.1, -0.05) is 13.8 Å². The highest BCUT2D eigenvalue weighted by atomic mass is 16.4. The van der Waals surface area contributed by atoms with Gasteiger partial charge in [-0.3, -0.25) is 4.79 Å². The molecule has 74 valence electrons. The van der Waals surface area contributed by atoms with Crippen LogP contribution in [0.5, 0.6) is 0 Å². The van der Waals surface area contributed by atoms with Gasteiger partial charge in [0.2, 0.25) is 0 Å². The quantitative estimate of drug-likeness (QED) is 0.593. The fourth-order valence-corrected chi connectivity index (χ4v) is 1.81. The lowest BCUT2D eigenvalue weighted by molar-refractivity contribution is -0.150. The number of hydrogen-bond donors (Lipinski definition) is 2. The zero-order chi connectivity index (χ0) is 10.1. The molecule has 1 saturated carbocycles. The molecular formula is C9H15NO3. The summed E-state index contributed by atoms with van der Waals surface area (Å²) in [5.74, 6) is -2.28. The van der Waals surface area contributed by atoms with Gasteiger partial charge in [-0.15, -0.1) is 0 Å². The molecule has 4 nitrogen and oxygen atoms in total. The van der Waals surface area contributed by atoms with Gasteiger partial charge in [0.05, 0.1) is 0 Å². The summed E-state index contributed by atoms with van der Waals surface area (Å²) in [6.45, 7) is 4.25. The summed E-state index contributed by atoms with van der Waals surface area (Å²) in [5, 5.41) is 10.9. The molecule has 0 aromatic carbocycles. The Bertz CT molecular complexity index is 235. The van der Waals surface area contributed by atoms with Crippen molar-refractivity contribution in [1.82, 2.24) is 5.32 Å². The second-order valence-corrected chi connectivity index (χ2v) is 4.38. The number of amides is 1. The maximum atomic E-state index is 10.8. The summed E-state index contributed by atoms with van der Waals surface area (Å²) in [6, 6.07) is 0.0404. The Morgan fingerprint density at radius 1 is 1.46 bits per heavy atom. The topological polar surface area (TPSA) is 66.4 Å². The predicted octanol–water partition coefficient (Wildman–Crippen LogP) is 0.766. The lowest BCUT2D eigenvalue weighted by Crippen LogP contribution is -2.38. The summed E-state index contributed by atoms with van der Waals surface area (Å²) < 4.78 is 0. The maximum Gasteiger partial charge on any atom is 0.394 e. The van der Waals surface area contributed by atoms with Crippen molar-refractivity contribution in [3.63, 3.8) is 0 Å². The highest BCUT2D eigenvalue weighted by Crippen LogP contribution is 2.36. The summed E-state index contributed by atoms with van der Waals surface area (Å²) in [4.78, 5) is 21.0. The van der Waals surface area contributed by atoms with Gasteiger partial charge in [-0.2, -0.15) is 0 Å². The van der Waals surface area contributed by atoms with Crippen molar-refractivity contribution in [2.45, 2.75) is 39.2 Å². The van der Waals surface area contributed by atoms with Crippen LogP contribution in [0.25, 0.3) is 0 Å². The van der Waals surface area contributed by atoms with E-state index >= 15 is 0 Å². The maximum absolute atomic E-state index is 10.8. The van der Waals surface area contributed by atoms with Crippen molar-refractivity contribution in [3.05, 3.63) is 0 Å². The molecule has 0 spiro atoms. The summed E-state index contributed by atoms with van der Waals surface area (Å²) in [7, 11) is 0. The van der Waals surface area contributed by atoms with Gasteiger partial charge in [-0.25, -0.2) is 4.79 Å². The third-order valence-corrected chi connectivity index (χ3v) is 2.50. The first-order valence-electron chi connectivity index (χ1n) is 4.44. The van der Waals surface area contributed by atoms with E-state index in [-0.39, 0.29) is 11.5 Å². The zero-order valence-electron chi connectivity index (χ0n) is 7.96. The molecule has 1 aliphatic carbocycles. The largest absolute Gasteiger partial charge is 0.474 e. The minimum absolute atomic E-state index is 0.0404. The van der Waals surface area contributed by atoms with Crippen LogP contribution in [0.4, 0.5) is 0 Å². The molecule has 1 atom stereocenters. The van der Waals surface area contributed by atoms with Crippen molar-refractivity contribution in [2.75, 3.05) is 0 Å². The van der Waals surface area contributed by atoms with E-state index in [2.05, 4.69) is 19.2 Å². The van der Waals surface area contributed by atoms with Gasteiger partial charge in [-0.05, 0) is 24.7 Å². The van der Waals surface area contributed by atoms with Gasteiger partial charge in [0.15, 0.2) is 0 Å². The molecule has 1 fully saturated rings. The summed E-state index contributed by atoms with van der Waals surface area (Å²) >= 11 is 0. The van der Waals surface area contributed by atoms with Gasteiger partial charge in [0, 0.05) is 6.04 Å². The second kappa shape index (κ2) is 3.36. The molecule has 0 aromatic heterocycles. The Labute approximate surface area is 77.3 Å². The van der Waals surface area contributed by atoms with Crippen molar-refractivity contribution in [2.24, 2.45) is 5.41 Å². The first-order chi connectivity index (χ1) is 5.91. The predicted molar refractivity (Wildman–Crippen MR) is 47.2 cm³/mol. The van der Waals surface area contributed by atoms with Crippen LogP contribution in [0.2, 0.25) is 0 Å². The Morgan fingerprint density at radius 2 is 2.08 bits per heavy atom. The van der Waals surface area contributed by atoms with Crippen molar-refractivity contribution < 1.29 is 14.7 Å². The third-order valence-electron chi connectivity index (χ3n) is 2.50. The lowest BCUT2D eigenvalue weighted by Gasteiger charge is -2.17. The fourth-order valence-electron chi connectivity index (χ4n) is 1.81. The van der Waals surface area contributed by atoms with E-state index in [1.54, 1.807) is 0 Å². The monoisotopic (exact) mass is 185 g/mol. The molecule has 0 saturated heterocycles. The molecule has 0 heterocycles. The Kier molecular flexibility index (Phi) is 2.59. The highest BCUT2D eigenvalue weighted by molar-refractivity contribution is 6.31. The first kappa shape index (κ1) is 10.0. The Hall–Kier alpha value is -1.06. The molecule has 0 aromatic rings. The SMILES string of the molecule is CC1(C)CCC(NC(=O)C(=O)O)C1. The Balaban J connectivity index is 2.41. The summed E-state index contributed by atoms with van der Waals surface area (Å²) in [5.41, 5.74) is 0.233. The van der Waals surface area contributed by atoms with Gasteiger partial charge in [0.1, 0.15) is 0 Å². The minimum Gasteiger partial charge on any atom is -0.474 e. The number of carboxylic acids is 1. The van der Waals surface area contributed by atoms with Crippen molar-refractivity contribution in [3.8, 4) is 0 Å². The van der Waals surface area contributed by atoms with Crippen LogP contribution in [-0.4, -0.2) is 23.0 Å². The van der Waals surface area contributed by atoms with E-state index in [1.165, 1.54) is 0 Å². The van der Waals surface area contributed by atoms with E-state index in [4.69, 9.17) is 5.11 Å².